The minimum Gasteiger partial charge on any atom is -0.478 e. The number of aromatic nitrogens is 3. The predicted molar refractivity (Wildman–Crippen MR) is 189 cm³/mol. The quantitative estimate of drug-likeness (QED) is 0.172. The number of hydrogen-bond acceptors (Lipinski definition) is 3. The molecule has 0 aliphatic carbocycles. The number of carbonyl (C=O) groups excluding carboxylic acids is 1. The summed E-state index contributed by atoms with van der Waals surface area (Å²) in [5.74, 6) is -0.952. The summed E-state index contributed by atoms with van der Waals surface area (Å²) in [7, 11) is 0. The molecule has 0 bridgehead atoms. The van der Waals surface area contributed by atoms with E-state index in [0.29, 0.717) is 11.5 Å². The predicted octanol–water partition coefficient (Wildman–Crippen LogP) is 9.59. The Hall–Kier alpha value is -5.75. The SMILES string of the molecule is Cc1c(C(=O)c2ncccc2C(=O)O)c2ccccc2n1CCC(C)C.c1ccc(-c2cn3ccccc3c2-c2ccccc2)cc1. The van der Waals surface area contributed by atoms with Crippen LogP contribution in [0.1, 0.15) is 52.4 Å². The van der Waals surface area contributed by atoms with Gasteiger partial charge >= 0.3 is 5.97 Å². The lowest BCUT2D eigenvalue weighted by Gasteiger charge is -2.10. The first-order valence-corrected chi connectivity index (χ1v) is 15.9. The highest BCUT2D eigenvalue weighted by Gasteiger charge is 2.25. The van der Waals surface area contributed by atoms with Crippen LogP contribution in [0.5, 0.6) is 0 Å². The molecule has 0 atom stereocenters. The summed E-state index contributed by atoms with van der Waals surface area (Å²) in [5.41, 5.74) is 8.58. The summed E-state index contributed by atoms with van der Waals surface area (Å²) in [4.78, 5) is 28.8. The number of carboxylic acids is 1. The molecule has 0 saturated carbocycles. The van der Waals surface area contributed by atoms with Crippen molar-refractivity contribution >= 4 is 28.2 Å². The summed E-state index contributed by atoms with van der Waals surface area (Å²) < 4.78 is 4.34. The Morgan fingerprint density at radius 3 is 2.11 bits per heavy atom. The second-order valence-corrected chi connectivity index (χ2v) is 12.0. The van der Waals surface area contributed by atoms with Crippen LogP contribution in [0.4, 0.5) is 0 Å². The number of para-hydroxylation sites is 1. The van der Waals surface area contributed by atoms with Crippen LogP contribution in [0, 0.1) is 12.8 Å². The maximum absolute atomic E-state index is 13.2. The van der Waals surface area contributed by atoms with E-state index < -0.39 is 5.97 Å². The number of ketones is 1. The number of benzene rings is 3. The lowest BCUT2D eigenvalue weighted by molar-refractivity contribution is 0.0692. The van der Waals surface area contributed by atoms with Gasteiger partial charge in [0.15, 0.2) is 0 Å². The molecule has 1 N–H and O–H groups in total. The molecule has 0 radical (unpaired) electrons. The van der Waals surface area contributed by atoms with E-state index in [2.05, 4.69) is 119 Å². The van der Waals surface area contributed by atoms with E-state index in [-0.39, 0.29) is 17.0 Å². The van der Waals surface area contributed by atoms with E-state index in [1.54, 1.807) is 0 Å². The fourth-order valence-electron chi connectivity index (χ4n) is 6.14. The normalized spacial score (nSPS) is 11.1. The molecule has 0 spiro atoms. The van der Waals surface area contributed by atoms with Crippen LogP contribution in [-0.2, 0) is 6.54 Å². The summed E-state index contributed by atoms with van der Waals surface area (Å²) in [6.45, 7) is 7.06. The first kappa shape index (κ1) is 31.2. The van der Waals surface area contributed by atoms with Gasteiger partial charge in [-0.05, 0) is 60.7 Å². The van der Waals surface area contributed by atoms with Crippen LogP contribution in [0.25, 0.3) is 38.7 Å². The molecule has 7 rings (SSSR count). The van der Waals surface area contributed by atoms with Gasteiger partial charge in [-0.3, -0.25) is 9.78 Å². The van der Waals surface area contributed by atoms with E-state index in [9.17, 15) is 14.7 Å². The number of carbonyl (C=O) groups is 2. The van der Waals surface area contributed by atoms with Gasteiger partial charge in [-0.2, -0.15) is 0 Å². The molecule has 0 fully saturated rings. The summed E-state index contributed by atoms with van der Waals surface area (Å²) >= 11 is 0. The Balaban J connectivity index is 0.000000168. The van der Waals surface area contributed by atoms with Crippen molar-refractivity contribution in [2.45, 2.75) is 33.7 Å². The Labute approximate surface area is 274 Å². The summed E-state index contributed by atoms with van der Waals surface area (Å²) in [5, 5.41) is 10.2. The zero-order valence-corrected chi connectivity index (χ0v) is 26.8. The van der Waals surface area contributed by atoms with Crippen molar-refractivity contribution in [3.8, 4) is 22.3 Å². The largest absolute Gasteiger partial charge is 0.478 e. The lowest BCUT2D eigenvalue weighted by Crippen LogP contribution is -2.13. The number of carboxylic acid groups (broad SMARTS) is 1. The number of nitrogens with zero attached hydrogens (tertiary/aromatic N) is 3. The van der Waals surface area contributed by atoms with Crippen molar-refractivity contribution in [3.63, 3.8) is 0 Å². The number of aryl methyl sites for hydroxylation is 1. The molecule has 234 valence electrons. The summed E-state index contributed by atoms with van der Waals surface area (Å²) in [6.07, 6.45) is 6.77. The van der Waals surface area contributed by atoms with Gasteiger partial charge in [-0.15, -0.1) is 0 Å². The zero-order chi connectivity index (χ0) is 32.9. The number of aromatic carboxylic acids is 1. The first-order chi connectivity index (χ1) is 22.8. The average molecular weight is 620 g/mol. The van der Waals surface area contributed by atoms with Gasteiger partial charge in [0.05, 0.1) is 16.6 Å². The van der Waals surface area contributed by atoms with Crippen molar-refractivity contribution < 1.29 is 14.7 Å². The molecular weight excluding hydrogens is 582 g/mol. The number of hydrogen-bond donors (Lipinski definition) is 1. The second kappa shape index (κ2) is 13.7. The molecule has 4 aromatic heterocycles. The van der Waals surface area contributed by atoms with Crippen molar-refractivity contribution in [2.75, 3.05) is 0 Å². The third-order valence-corrected chi connectivity index (χ3v) is 8.47. The molecule has 0 saturated heterocycles. The summed E-state index contributed by atoms with van der Waals surface area (Å²) in [6, 6.07) is 38.2. The highest BCUT2D eigenvalue weighted by molar-refractivity contribution is 6.19. The molecule has 0 aliphatic heterocycles. The van der Waals surface area contributed by atoms with E-state index in [1.807, 2.05) is 31.2 Å². The third kappa shape index (κ3) is 6.36. The van der Waals surface area contributed by atoms with Crippen LogP contribution in [-0.4, -0.2) is 30.8 Å². The minimum absolute atomic E-state index is 0.0186. The van der Waals surface area contributed by atoms with E-state index in [0.717, 1.165) is 29.6 Å². The van der Waals surface area contributed by atoms with E-state index >= 15 is 0 Å². The monoisotopic (exact) mass is 619 g/mol. The molecule has 3 aromatic carbocycles. The van der Waals surface area contributed by atoms with E-state index in [4.69, 9.17) is 0 Å². The fraction of sp³-hybridized carbons (Fsp3) is 0.146. The van der Waals surface area contributed by atoms with Crippen molar-refractivity contribution in [3.05, 3.63) is 156 Å². The molecule has 7 aromatic rings. The molecule has 47 heavy (non-hydrogen) atoms. The number of rotatable bonds is 8. The van der Waals surface area contributed by atoms with Crippen molar-refractivity contribution in [1.29, 1.82) is 0 Å². The minimum atomic E-state index is -1.15. The van der Waals surface area contributed by atoms with Gasteiger partial charge in [0.1, 0.15) is 5.69 Å². The highest BCUT2D eigenvalue weighted by atomic mass is 16.4. The van der Waals surface area contributed by atoms with Crippen LogP contribution < -0.4 is 0 Å². The average Bonchev–Trinajstić information content (AvgIpc) is 3.63. The Morgan fingerprint density at radius 2 is 1.40 bits per heavy atom. The van der Waals surface area contributed by atoms with Crippen molar-refractivity contribution in [1.82, 2.24) is 14.0 Å². The van der Waals surface area contributed by atoms with Gasteiger partial charge in [0, 0.05) is 52.9 Å². The smallest absolute Gasteiger partial charge is 0.338 e. The van der Waals surface area contributed by atoms with Gasteiger partial charge in [-0.1, -0.05) is 98.8 Å². The molecule has 6 nitrogen and oxygen atoms in total. The van der Waals surface area contributed by atoms with Gasteiger partial charge in [-0.25, -0.2) is 4.79 Å². The maximum atomic E-state index is 13.2. The van der Waals surface area contributed by atoms with Crippen LogP contribution in [0.15, 0.2) is 134 Å². The van der Waals surface area contributed by atoms with Gasteiger partial charge in [0.2, 0.25) is 5.78 Å². The molecule has 0 unspecified atom stereocenters. The maximum Gasteiger partial charge on any atom is 0.338 e. The number of pyridine rings is 2. The molecule has 6 heteroatoms. The second-order valence-electron chi connectivity index (χ2n) is 12.0. The standard InChI is InChI=1S/C21H22N2O3.C20H15N/c1-13(2)10-12-23-14(3)18(15-7-4-5-9-17(15)23)20(24)19-16(21(25)26)8-6-11-22-19;1-3-9-16(10-4-1)18-15-21-14-8-7-13-19(21)20(18)17-11-5-2-6-12-17/h4-9,11,13H,10,12H2,1-3H3,(H,25,26);1-15H. The first-order valence-electron chi connectivity index (χ1n) is 15.9. The van der Waals surface area contributed by atoms with Gasteiger partial charge in [0.25, 0.3) is 0 Å². The molecule has 0 amide bonds. The molecular formula is C41H37N3O3. The molecule has 4 heterocycles. The van der Waals surface area contributed by atoms with Crippen molar-refractivity contribution in [2.24, 2.45) is 5.92 Å². The molecule has 0 aliphatic rings. The van der Waals surface area contributed by atoms with E-state index in [1.165, 1.54) is 46.1 Å². The number of fused-ring (bicyclic) bond motifs is 2. The Morgan fingerprint density at radius 1 is 0.766 bits per heavy atom. The van der Waals surface area contributed by atoms with Crippen LogP contribution in [0.3, 0.4) is 0 Å². The van der Waals surface area contributed by atoms with Gasteiger partial charge < -0.3 is 14.1 Å². The van der Waals surface area contributed by atoms with Crippen LogP contribution in [0.2, 0.25) is 0 Å². The fourth-order valence-corrected chi connectivity index (χ4v) is 6.14. The van der Waals surface area contributed by atoms with Crippen LogP contribution >= 0.6 is 0 Å². The third-order valence-electron chi connectivity index (χ3n) is 8.47. The zero-order valence-electron chi connectivity index (χ0n) is 26.8. The lowest BCUT2D eigenvalue weighted by atomic mass is 9.98. The Bertz CT molecular complexity index is 2180. The highest BCUT2D eigenvalue weighted by Crippen LogP contribution is 2.37. The topological polar surface area (TPSA) is 76.6 Å². The Kier molecular flexibility index (Phi) is 9.11.